The van der Waals surface area contributed by atoms with Gasteiger partial charge in [0.15, 0.2) is 0 Å². The monoisotopic (exact) mass is 242 g/mol. The summed E-state index contributed by atoms with van der Waals surface area (Å²) in [6.45, 7) is 3.11. The maximum Gasteiger partial charge on any atom is 0.0679 e. The van der Waals surface area contributed by atoms with Crippen molar-refractivity contribution in [1.29, 1.82) is 0 Å². The minimum atomic E-state index is 0.735. The molecule has 2 heterocycles. The highest BCUT2D eigenvalue weighted by atomic mass is 15.3. The molecule has 0 amide bonds. The van der Waals surface area contributed by atoms with E-state index in [0.717, 1.165) is 24.7 Å². The first-order valence-electron chi connectivity index (χ1n) is 6.58. The van der Waals surface area contributed by atoms with E-state index in [4.69, 9.17) is 0 Å². The Morgan fingerprint density at radius 1 is 1.33 bits per heavy atom. The Bertz CT molecular complexity index is 514. The molecule has 0 aliphatic heterocycles. The van der Waals surface area contributed by atoms with Crippen molar-refractivity contribution in [3.8, 4) is 5.69 Å². The van der Waals surface area contributed by atoms with E-state index in [1.165, 1.54) is 24.1 Å². The van der Waals surface area contributed by atoms with Crippen molar-refractivity contribution in [1.82, 2.24) is 20.1 Å². The van der Waals surface area contributed by atoms with Crippen LogP contribution in [0.3, 0.4) is 0 Å². The quantitative estimate of drug-likeness (QED) is 0.873. The second-order valence-corrected chi connectivity index (χ2v) is 4.74. The van der Waals surface area contributed by atoms with Gasteiger partial charge >= 0.3 is 0 Å². The minimum absolute atomic E-state index is 0.735. The molecule has 0 saturated heterocycles. The van der Waals surface area contributed by atoms with Crippen molar-refractivity contribution in [2.24, 2.45) is 0 Å². The summed E-state index contributed by atoms with van der Waals surface area (Å²) in [5.41, 5.74) is 3.68. The second kappa shape index (κ2) is 4.90. The number of aromatic nitrogens is 3. The molecule has 1 fully saturated rings. The lowest BCUT2D eigenvalue weighted by Crippen LogP contribution is -2.16. The van der Waals surface area contributed by atoms with Crippen LogP contribution in [-0.2, 0) is 13.0 Å². The molecule has 18 heavy (non-hydrogen) atoms. The summed E-state index contributed by atoms with van der Waals surface area (Å²) in [7, 11) is 0. The van der Waals surface area contributed by atoms with Gasteiger partial charge in [0.05, 0.1) is 11.9 Å². The summed E-state index contributed by atoms with van der Waals surface area (Å²) in [6, 6.07) is 4.72. The lowest BCUT2D eigenvalue weighted by molar-refractivity contribution is 0.680. The zero-order chi connectivity index (χ0) is 12.4. The lowest BCUT2D eigenvalue weighted by atomic mass is 10.2. The molecule has 0 unspecified atom stereocenters. The van der Waals surface area contributed by atoms with Gasteiger partial charge in [-0.3, -0.25) is 4.98 Å². The van der Waals surface area contributed by atoms with E-state index in [9.17, 15) is 0 Å². The van der Waals surface area contributed by atoms with Crippen molar-refractivity contribution in [3.05, 3.63) is 42.0 Å². The van der Waals surface area contributed by atoms with Gasteiger partial charge in [0.2, 0.25) is 0 Å². The van der Waals surface area contributed by atoms with Crippen molar-refractivity contribution in [2.45, 2.75) is 38.8 Å². The molecule has 0 atom stereocenters. The maximum absolute atomic E-state index is 4.50. The van der Waals surface area contributed by atoms with Crippen LogP contribution in [0.2, 0.25) is 0 Å². The van der Waals surface area contributed by atoms with Gasteiger partial charge in [-0.15, -0.1) is 0 Å². The van der Waals surface area contributed by atoms with Crippen LogP contribution in [0.4, 0.5) is 0 Å². The topological polar surface area (TPSA) is 42.7 Å². The summed E-state index contributed by atoms with van der Waals surface area (Å²) < 4.78 is 2.02. The molecule has 3 rings (SSSR count). The van der Waals surface area contributed by atoms with Gasteiger partial charge in [0.1, 0.15) is 0 Å². The van der Waals surface area contributed by atoms with E-state index < -0.39 is 0 Å². The number of hydrogen-bond donors (Lipinski definition) is 1. The summed E-state index contributed by atoms with van der Waals surface area (Å²) in [6.07, 6.45) is 9.22. The molecular formula is C14H18N4. The number of nitrogens with zero attached hydrogens (tertiary/aromatic N) is 3. The van der Waals surface area contributed by atoms with Gasteiger partial charge in [-0.25, -0.2) is 4.68 Å². The van der Waals surface area contributed by atoms with E-state index >= 15 is 0 Å². The van der Waals surface area contributed by atoms with Crippen molar-refractivity contribution in [2.75, 3.05) is 0 Å². The van der Waals surface area contributed by atoms with Gasteiger partial charge < -0.3 is 5.32 Å². The van der Waals surface area contributed by atoms with Gasteiger partial charge in [-0.05, 0) is 31.4 Å². The Morgan fingerprint density at radius 3 is 2.78 bits per heavy atom. The number of hydrogen-bond acceptors (Lipinski definition) is 3. The third-order valence-electron chi connectivity index (χ3n) is 3.36. The largest absolute Gasteiger partial charge is 0.310 e. The Balaban J connectivity index is 1.85. The average molecular weight is 242 g/mol. The van der Waals surface area contributed by atoms with E-state index in [1.54, 1.807) is 12.4 Å². The van der Waals surface area contributed by atoms with E-state index in [2.05, 4.69) is 22.3 Å². The Hall–Kier alpha value is -1.68. The molecule has 0 radical (unpaired) electrons. The normalized spacial score (nSPS) is 14.9. The zero-order valence-electron chi connectivity index (χ0n) is 10.6. The molecular weight excluding hydrogens is 224 g/mol. The first kappa shape index (κ1) is 11.4. The minimum Gasteiger partial charge on any atom is -0.310 e. The van der Waals surface area contributed by atoms with Gasteiger partial charge in [0, 0.05) is 36.2 Å². The summed E-state index contributed by atoms with van der Waals surface area (Å²) in [5, 5.41) is 8.05. The highest BCUT2D eigenvalue weighted by Gasteiger charge is 2.21. The van der Waals surface area contributed by atoms with Crippen LogP contribution in [0.25, 0.3) is 5.69 Å². The van der Waals surface area contributed by atoms with Gasteiger partial charge in [-0.2, -0.15) is 5.10 Å². The first-order valence-corrected chi connectivity index (χ1v) is 6.58. The molecule has 0 bridgehead atoms. The molecule has 1 N–H and O–H groups in total. The van der Waals surface area contributed by atoms with Crippen LogP contribution in [0.5, 0.6) is 0 Å². The Morgan fingerprint density at radius 2 is 2.11 bits per heavy atom. The van der Waals surface area contributed by atoms with E-state index in [1.807, 2.05) is 23.0 Å². The zero-order valence-corrected chi connectivity index (χ0v) is 10.6. The fourth-order valence-electron chi connectivity index (χ4n) is 2.18. The smallest absolute Gasteiger partial charge is 0.0679 e. The fourth-order valence-corrected chi connectivity index (χ4v) is 2.18. The molecule has 0 spiro atoms. The average Bonchev–Trinajstić information content (AvgIpc) is 3.16. The molecule has 94 valence electrons. The van der Waals surface area contributed by atoms with Crippen LogP contribution in [0, 0.1) is 0 Å². The molecule has 0 aromatic carbocycles. The van der Waals surface area contributed by atoms with E-state index in [0.29, 0.717) is 0 Å². The SMILES string of the molecule is CCc1c(CNC2CC2)cnn1-c1ccncc1. The van der Waals surface area contributed by atoms with Crippen LogP contribution in [0.15, 0.2) is 30.7 Å². The summed E-state index contributed by atoms with van der Waals surface area (Å²) in [4.78, 5) is 4.05. The number of rotatable bonds is 5. The highest BCUT2D eigenvalue weighted by molar-refractivity contribution is 5.33. The van der Waals surface area contributed by atoms with Crippen molar-refractivity contribution >= 4 is 0 Å². The summed E-state index contributed by atoms with van der Waals surface area (Å²) >= 11 is 0. The lowest BCUT2D eigenvalue weighted by Gasteiger charge is -2.08. The highest BCUT2D eigenvalue weighted by Crippen LogP contribution is 2.21. The predicted octanol–water partition coefficient (Wildman–Crippen LogP) is 2.08. The molecule has 4 heteroatoms. The van der Waals surface area contributed by atoms with Crippen molar-refractivity contribution < 1.29 is 0 Å². The van der Waals surface area contributed by atoms with E-state index in [-0.39, 0.29) is 0 Å². The second-order valence-electron chi connectivity index (χ2n) is 4.74. The van der Waals surface area contributed by atoms with Gasteiger partial charge in [0.25, 0.3) is 0 Å². The standard InChI is InChI=1S/C14H18N4/c1-2-14-11(9-16-12-3-4-12)10-17-18(14)13-5-7-15-8-6-13/h5-8,10,12,16H,2-4,9H2,1H3. The fraction of sp³-hybridized carbons (Fsp3) is 0.429. The molecule has 1 aliphatic carbocycles. The predicted molar refractivity (Wildman–Crippen MR) is 70.6 cm³/mol. The van der Waals surface area contributed by atoms with Crippen LogP contribution in [-0.4, -0.2) is 20.8 Å². The third kappa shape index (κ3) is 2.29. The van der Waals surface area contributed by atoms with Crippen LogP contribution in [0.1, 0.15) is 31.0 Å². The number of nitrogens with one attached hydrogen (secondary N) is 1. The third-order valence-corrected chi connectivity index (χ3v) is 3.36. The molecule has 1 aliphatic rings. The molecule has 2 aromatic heterocycles. The van der Waals surface area contributed by atoms with Crippen molar-refractivity contribution in [3.63, 3.8) is 0 Å². The van der Waals surface area contributed by atoms with Crippen LogP contribution < -0.4 is 5.32 Å². The molecule has 1 saturated carbocycles. The first-order chi connectivity index (χ1) is 8.88. The summed E-state index contributed by atoms with van der Waals surface area (Å²) in [5.74, 6) is 0. The molecule has 4 nitrogen and oxygen atoms in total. The van der Waals surface area contributed by atoms with Crippen LogP contribution >= 0.6 is 0 Å². The Labute approximate surface area is 107 Å². The number of pyridine rings is 1. The van der Waals surface area contributed by atoms with Gasteiger partial charge in [-0.1, -0.05) is 6.92 Å². The Kier molecular flexibility index (Phi) is 3.11. The molecule has 2 aromatic rings. The maximum atomic E-state index is 4.50.